The van der Waals surface area contributed by atoms with Crippen molar-refractivity contribution in [2.45, 2.75) is 12.6 Å². The minimum atomic E-state index is -0.148. The van der Waals surface area contributed by atoms with E-state index in [1.54, 1.807) is 6.08 Å². The maximum atomic E-state index is 5.90. The second kappa shape index (κ2) is 6.03. The summed E-state index contributed by atoms with van der Waals surface area (Å²) in [6.07, 6.45) is 1.72. The van der Waals surface area contributed by atoms with Crippen molar-refractivity contribution in [1.29, 1.82) is 0 Å². The van der Waals surface area contributed by atoms with E-state index in [1.807, 2.05) is 54.6 Å². The molecular formula is C16H17NO. The molecule has 92 valence electrons. The van der Waals surface area contributed by atoms with Crippen LogP contribution in [-0.2, 0) is 6.61 Å². The standard InChI is InChI=1S/C16H17NO/c1-2-16(17)14-9-6-10-15(11-14)18-12-13-7-4-3-5-8-13/h2-11,16H,1,12,17H2/t16-/m0/s1. The van der Waals surface area contributed by atoms with E-state index < -0.39 is 0 Å². The van der Waals surface area contributed by atoms with Gasteiger partial charge >= 0.3 is 0 Å². The predicted octanol–water partition coefficient (Wildman–Crippen LogP) is 3.45. The number of hydrogen-bond donors (Lipinski definition) is 1. The van der Waals surface area contributed by atoms with Gasteiger partial charge in [0.05, 0.1) is 0 Å². The Balaban J connectivity index is 2.04. The zero-order valence-electron chi connectivity index (χ0n) is 10.3. The molecule has 0 bridgehead atoms. The van der Waals surface area contributed by atoms with Gasteiger partial charge in [0.15, 0.2) is 0 Å². The molecule has 1 atom stereocenters. The molecule has 0 aliphatic rings. The van der Waals surface area contributed by atoms with Gasteiger partial charge in [-0.05, 0) is 23.3 Å². The van der Waals surface area contributed by atoms with Crippen molar-refractivity contribution in [3.05, 3.63) is 78.4 Å². The van der Waals surface area contributed by atoms with Crippen LogP contribution >= 0.6 is 0 Å². The zero-order valence-corrected chi connectivity index (χ0v) is 10.3. The fourth-order valence-electron chi connectivity index (χ4n) is 1.69. The lowest BCUT2D eigenvalue weighted by molar-refractivity contribution is 0.306. The van der Waals surface area contributed by atoms with E-state index in [4.69, 9.17) is 10.5 Å². The monoisotopic (exact) mass is 239 g/mol. The summed E-state index contributed by atoms with van der Waals surface area (Å²) in [7, 11) is 0. The highest BCUT2D eigenvalue weighted by Gasteiger charge is 2.02. The Hall–Kier alpha value is -2.06. The van der Waals surface area contributed by atoms with Crippen LogP contribution in [0.1, 0.15) is 17.2 Å². The largest absolute Gasteiger partial charge is 0.489 e. The SMILES string of the molecule is C=C[C@H](N)c1cccc(OCc2ccccc2)c1. The number of ether oxygens (including phenoxy) is 1. The highest BCUT2D eigenvalue weighted by atomic mass is 16.5. The van der Waals surface area contributed by atoms with Gasteiger partial charge in [0.1, 0.15) is 12.4 Å². The van der Waals surface area contributed by atoms with Crippen LogP contribution in [0.5, 0.6) is 5.75 Å². The zero-order chi connectivity index (χ0) is 12.8. The van der Waals surface area contributed by atoms with E-state index in [0.29, 0.717) is 6.61 Å². The molecule has 0 aliphatic carbocycles. The first-order chi connectivity index (χ1) is 8.79. The van der Waals surface area contributed by atoms with Crippen molar-refractivity contribution >= 4 is 0 Å². The van der Waals surface area contributed by atoms with Gasteiger partial charge in [-0.2, -0.15) is 0 Å². The van der Waals surface area contributed by atoms with Gasteiger partial charge in [-0.3, -0.25) is 0 Å². The van der Waals surface area contributed by atoms with Crippen LogP contribution in [0.3, 0.4) is 0 Å². The van der Waals surface area contributed by atoms with E-state index in [2.05, 4.69) is 6.58 Å². The van der Waals surface area contributed by atoms with Crippen LogP contribution in [-0.4, -0.2) is 0 Å². The summed E-state index contributed by atoms with van der Waals surface area (Å²) in [4.78, 5) is 0. The molecule has 0 heterocycles. The molecule has 0 radical (unpaired) electrons. The second-order valence-corrected chi connectivity index (χ2v) is 4.11. The first kappa shape index (κ1) is 12.4. The highest BCUT2D eigenvalue weighted by molar-refractivity contribution is 5.32. The molecule has 2 N–H and O–H groups in total. The molecule has 0 aliphatic heterocycles. The van der Waals surface area contributed by atoms with Crippen LogP contribution in [0.2, 0.25) is 0 Å². The lowest BCUT2D eigenvalue weighted by Crippen LogP contribution is -2.06. The Morgan fingerprint density at radius 3 is 2.61 bits per heavy atom. The van der Waals surface area contributed by atoms with E-state index in [9.17, 15) is 0 Å². The van der Waals surface area contributed by atoms with E-state index in [1.165, 1.54) is 0 Å². The van der Waals surface area contributed by atoms with E-state index in [0.717, 1.165) is 16.9 Å². The van der Waals surface area contributed by atoms with Crippen molar-refractivity contribution in [2.75, 3.05) is 0 Å². The van der Waals surface area contributed by atoms with Crippen molar-refractivity contribution in [1.82, 2.24) is 0 Å². The molecule has 0 saturated heterocycles. The summed E-state index contributed by atoms with van der Waals surface area (Å²) in [6.45, 7) is 4.26. The molecule has 2 rings (SSSR count). The van der Waals surface area contributed by atoms with E-state index >= 15 is 0 Å². The fourth-order valence-corrected chi connectivity index (χ4v) is 1.69. The van der Waals surface area contributed by atoms with Gasteiger partial charge in [0.25, 0.3) is 0 Å². The van der Waals surface area contributed by atoms with Crippen molar-refractivity contribution in [3.8, 4) is 5.75 Å². The summed E-state index contributed by atoms with van der Waals surface area (Å²) < 4.78 is 5.74. The molecule has 0 unspecified atom stereocenters. The highest BCUT2D eigenvalue weighted by Crippen LogP contribution is 2.19. The van der Waals surface area contributed by atoms with Crippen molar-refractivity contribution < 1.29 is 4.74 Å². The molecule has 2 nitrogen and oxygen atoms in total. The first-order valence-electron chi connectivity index (χ1n) is 5.94. The number of benzene rings is 2. The Kier molecular flexibility index (Phi) is 4.15. The van der Waals surface area contributed by atoms with Crippen molar-refractivity contribution in [2.24, 2.45) is 5.73 Å². The maximum Gasteiger partial charge on any atom is 0.120 e. The summed E-state index contributed by atoms with van der Waals surface area (Å²) in [6, 6.07) is 17.7. The minimum Gasteiger partial charge on any atom is -0.489 e. The second-order valence-electron chi connectivity index (χ2n) is 4.11. The molecule has 0 spiro atoms. The van der Waals surface area contributed by atoms with Crippen molar-refractivity contribution in [3.63, 3.8) is 0 Å². The van der Waals surface area contributed by atoms with Gasteiger partial charge in [-0.25, -0.2) is 0 Å². The van der Waals surface area contributed by atoms with Gasteiger partial charge in [-0.1, -0.05) is 48.5 Å². The third-order valence-corrected chi connectivity index (χ3v) is 2.75. The molecule has 2 heteroatoms. The quantitative estimate of drug-likeness (QED) is 0.811. The molecule has 2 aromatic rings. The molecule has 0 amide bonds. The van der Waals surface area contributed by atoms with Gasteiger partial charge < -0.3 is 10.5 Å². The molecule has 0 fully saturated rings. The Morgan fingerprint density at radius 1 is 1.11 bits per heavy atom. The average Bonchev–Trinajstić information content (AvgIpc) is 2.45. The lowest BCUT2D eigenvalue weighted by atomic mass is 10.1. The smallest absolute Gasteiger partial charge is 0.120 e. The van der Waals surface area contributed by atoms with Gasteiger partial charge in [0.2, 0.25) is 0 Å². The maximum absolute atomic E-state index is 5.90. The van der Waals surface area contributed by atoms with Crippen LogP contribution in [0.4, 0.5) is 0 Å². The summed E-state index contributed by atoms with van der Waals surface area (Å²) >= 11 is 0. The molecule has 0 saturated carbocycles. The molecule has 2 aromatic carbocycles. The normalized spacial score (nSPS) is 11.8. The Morgan fingerprint density at radius 2 is 1.89 bits per heavy atom. The Bertz CT molecular complexity index is 508. The lowest BCUT2D eigenvalue weighted by Gasteiger charge is -2.10. The van der Waals surface area contributed by atoms with E-state index in [-0.39, 0.29) is 6.04 Å². The topological polar surface area (TPSA) is 35.2 Å². The van der Waals surface area contributed by atoms with Gasteiger partial charge in [0, 0.05) is 6.04 Å². The van der Waals surface area contributed by atoms with Crippen LogP contribution in [0.25, 0.3) is 0 Å². The fraction of sp³-hybridized carbons (Fsp3) is 0.125. The number of nitrogens with two attached hydrogens (primary N) is 1. The Labute approximate surface area is 108 Å². The van der Waals surface area contributed by atoms with Crippen LogP contribution in [0.15, 0.2) is 67.3 Å². The van der Waals surface area contributed by atoms with Crippen LogP contribution < -0.4 is 10.5 Å². The first-order valence-corrected chi connectivity index (χ1v) is 5.94. The number of hydrogen-bond acceptors (Lipinski definition) is 2. The average molecular weight is 239 g/mol. The molecular weight excluding hydrogens is 222 g/mol. The third-order valence-electron chi connectivity index (χ3n) is 2.75. The summed E-state index contributed by atoms with van der Waals surface area (Å²) in [5.74, 6) is 0.827. The third kappa shape index (κ3) is 3.22. The molecule has 0 aromatic heterocycles. The minimum absolute atomic E-state index is 0.148. The summed E-state index contributed by atoms with van der Waals surface area (Å²) in [5.41, 5.74) is 8.06. The molecule has 18 heavy (non-hydrogen) atoms. The predicted molar refractivity (Wildman–Crippen MR) is 74.3 cm³/mol. The van der Waals surface area contributed by atoms with Gasteiger partial charge in [-0.15, -0.1) is 6.58 Å². The summed E-state index contributed by atoms with van der Waals surface area (Å²) in [5, 5.41) is 0. The van der Waals surface area contributed by atoms with Crippen LogP contribution in [0, 0.1) is 0 Å². The number of rotatable bonds is 5.